The molecule has 2 N–H and O–H groups in total. The highest BCUT2D eigenvalue weighted by molar-refractivity contribution is 5.86. The van der Waals surface area contributed by atoms with Crippen molar-refractivity contribution < 1.29 is 9.90 Å². The lowest BCUT2D eigenvalue weighted by atomic mass is 10.5. The van der Waals surface area contributed by atoms with Crippen molar-refractivity contribution in [2.24, 2.45) is 0 Å². The van der Waals surface area contributed by atoms with Gasteiger partial charge in [0, 0.05) is 6.20 Å². The van der Waals surface area contributed by atoms with E-state index in [1.807, 2.05) is 12.3 Å². The molecular weight excluding hydrogens is 146 g/mol. The molecule has 0 radical (unpaired) electrons. The van der Waals surface area contributed by atoms with Gasteiger partial charge in [-0.3, -0.25) is 10.4 Å². The van der Waals surface area contributed by atoms with Crippen LogP contribution in [-0.4, -0.2) is 27.7 Å². The van der Waals surface area contributed by atoms with Crippen molar-refractivity contribution in [1.82, 2.24) is 15.6 Å². The highest BCUT2D eigenvalue weighted by Crippen LogP contribution is 2.14. The van der Waals surface area contributed by atoms with E-state index in [-0.39, 0.29) is 5.70 Å². The van der Waals surface area contributed by atoms with E-state index in [4.69, 9.17) is 5.11 Å². The Kier molecular flexibility index (Phi) is 1.13. The Bertz CT molecular complexity index is 259. The van der Waals surface area contributed by atoms with E-state index in [1.165, 1.54) is 6.20 Å². The summed E-state index contributed by atoms with van der Waals surface area (Å²) >= 11 is 0. The number of carbonyl (C=O) groups is 1. The summed E-state index contributed by atoms with van der Waals surface area (Å²) in [6.45, 7) is 0.702. The number of hydrazine groups is 2. The van der Waals surface area contributed by atoms with E-state index in [9.17, 15) is 4.79 Å². The van der Waals surface area contributed by atoms with Gasteiger partial charge in [0.15, 0.2) is 5.70 Å². The number of hydrogen-bond donors (Lipinski definition) is 2. The molecule has 0 aromatic carbocycles. The number of rotatable bonds is 1. The summed E-state index contributed by atoms with van der Waals surface area (Å²) < 4.78 is 0. The van der Waals surface area contributed by atoms with Gasteiger partial charge in [0.25, 0.3) is 0 Å². The van der Waals surface area contributed by atoms with Gasteiger partial charge in [-0.25, -0.2) is 4.79 Å². The molecule has 5 heteroatoms. The van der Waals surface area contributed by atoms with Gasteiger partial charge < -0.3 is 5.11 Å². The van der Waals surface area contributed by atoms with Crippen molar-refractivity contribution in [3.8, 4) is 0 Å². The van der Waals surface area contributed by atoms with E-state index < -0.39 is 5.97 Å². The van der Waals surface area contributed by atoms with E-state index in [0.29, 0.717) is 6.54 Å². The number of hydrogen-bond acceptors (Lipinski definition) is 4. The Labute approximate surface area is 63.1 Å². The quantitative estimate of drug-likeness (QED) is 0.530. The van der Waals surface area contributed by atoms with Crippen LogP contribution >= 0.6 is 0 Å². The summed E-state index contributed by atoms with van der Waals surface area (Å²) in [5.41, 5.74) is 2.91. The minimum absolute atomic E-state index is 0.203. The van der Waals surface area contributed by atoms with Crippen LogP contribution in [0.2, 0.25) is 0 Å². The molecule has 0 bridgehead atoms. The Morgan fingerprint density at radius 3 is 3.18 bits per heavy atom. The summed E-state index contributed by atoms with van der Waals surface area (Å²) in [4.78, 5) is 10.4. The van der Waals surface area contributed by atoms with Crippen molar-refractivity contribution in [1.29, 1.82) is 0 Å². The summed E-state index contributed by atoms with van der Waals surface area (Å²) in [7, 11) is 0. The third kappa shape index (κ3) is 0.857. The molecule has 2 rings (SSSR count). The molecule has 0 saturated carbocycles. The van der Waals surface area contributed by atoms with Crippen LogP contribution in [0.4, 0.5) is 0 Å². The number of fused-ring (bicyclic) bond motifs is 1. The fraction of sp³-hybridized carbons (Fsp3) is 0.167. The van der Waals surface area contributed by atoms with E-state index in [0.717, 1.165) is 0 Å². The van der Waals surface area contributed by atoms with Crippen LogP contribution in [0.25, 0.3) is 0 Å². The van der Waals surface area contributed by atoms with Crippen molar-refractivity contribution in [3.63, 3.8) is 0 Å². The molecule has 0 amide bonds. The molecular formula is C6H7N3O2. The highest BCUT2D eigenvalue weighted by Gasteiger charge is 2.25. The van der Waals surface area contributed by atoms with E-state index in [1.54, 1.807) is 10.1 Å². The minimum Gasteiger partial charge on any atom is -0.476 e. The molecule has 2 heterocycles. The molecule has 0 spiro atoms. The third-order valence-corrected chi connectivity index (χ3v) is 1.56. The lowest BCUT2D eigenvalue weighted by molar-refractivity contribution is -0.133. The molecule has 0 aromatic rings. The second-order valence-corrected chi connectivity index (χ2v) is 2.31. The van der Waals surface area contributed by atoms with Crippen LogP contribution in [0.15, 0.2) is 24.2 Å². The van der Waals surface area contributed by atoms with E-state index >= 15 is 0 Å². The Morgan fingerprint density at radius 1 is 1.73 bits per heavy atom. The highest BCUT2D eigenvalue weighted by atomic mass is 16.4. The van der Waals surface area contributed by atoms with Crippen LogP contribution in [0.1, 0.15) is 0 Å². The zero-order valence-electron chi connectivity index (χ0n) is 5.69. The third-order valence-electron chi connectivity index (χ3n) is 1.56. The summed E-state index contributed by atoms with van der Waals surface area (Å²) in [5, 5.41) is 12.0. The van der Waals surface area contributed by atoms with Crippen molar-refractivity contribution >= 4 is 5.97 Å². The Hall–Kier alpha value is -1.49. The summed E-state index contributed by atoms with van der Waals surface area (Å²) in [6.07, 6.45) is 5.27. The summed E-state index contributed by atoms with van der Waals surface area (Å²) in [6, 6.07) is 0. The van der Waals surface area contributed by atoms with Crippen LogP contribution in [-0.2, 0) is 4.79 Å². The first-order valence-corrected chi connectivity index (χ1v) is 3.21. The predicted octanol–water partition coefficient (Wildman–Crippen LogP) is -0.523. The number of nitrogens with one attached hydrogen (secondary N) is 1. The predicted molar refractivity (Wildman–Crippen MR) is 36.5 cm³/mol. The smallest absolute Gasteiger partial charge is 0.354 e. The molecule has 0 aliphatic carbocycles. The first kappa shape index (κ1) is 6.23. The van der Waals surface area contributed by atoms with Gasteiger partial charge in [-0.15, -0.1) is 5.12 Å². The molecule has 0 saturated heterocycles. The molecule has 0 fully saturated rings. The summed E-state index contributed by atoms with van der Waals surface area (Å²) in [5.74, 6) is -0.937. The second-order valence-electron chi connectivity index (χ2n) is 2.31. The topological polar surface area (TPSA) is 55.8 Å². The molecule has 58 valence electrons. The van der Waals surface area contributed by atoms with E-state index in [2.05, 4.69) is 5.43 Å². The Morgan fingerprint density at radius 2 is 2.55 bits per heavy atom. The Balaban J connectivity index is 2.18. The zero-order chi connectivity index (χ0) is 7.84. The molecule has 0 atom stereocenters. The SMILES string of the molecule is O=C(O)C1=CN2C=CCN2N1. The van der Waals surface area contributed by atoms with Crippen LogP contribution < -0.4 is 5.43 Å². The maximum atomic E-state index is 10.4. The normalized spacial score (nSPS) is 21.5. The molecule has 11 heavy (non-hydrogen) atoms. The number of carboxylic acids is 1. The van der Waals surface area contributed by atoms with Gasteiger partial charge in [0.1, 0.15) is 0 Å². The second kappa shape index (κ2) is 2.00. The van der Waals surface area contributed by atoms with Crippen LogP contribution in [0.3, 0.4) is 0 Å². The van der Waals surface area contributed by atoms with Gasteiger partial charge in [-0.2, -0.15) is 0 Å². The monoisotopic (exact) mass is 153 g/mol. The zero-order valence-corrected chi connectivity index (χ0v) is 5.69. The average Bonchev–Trinajstić information content (AvgIpc) is 2.40. The molecule has 0 aromatic heterocycles. The van der Waals surface area contributed by atoms with Crippen LogP contribution in [0.5, 0.6) is 0 Å². The maximum Gasteiger partial charge on any atom is 0.354 e. The van der Waals surface area contributed by atoms with Gasteiger partial charge in [0.2, 0.25) is 0 Å². The number of nitrogens with zero attached hydrogens (tertiary/aromatic N) is 2. The first-order valence-electron chi connectivity index (χ1n) is 3.21. The largest absolute Gasteiger partial charge is 0.476 e. The molecule has 2 aliphatic rings. The van der Waals surface area contributed by atoms with Gasteiger partial charge in [0.05, 0.1) is 12.7 Å². The fourth-order valence-electron chi connectivity index (χ4n) is 1.05. The maximum absolute atomic E-state index is 10.4. The van der Waals surface area contributed by atoms with Crippen molar-refractivity contribution in [2.75, 3.05) is 6.54 Å². The minimum atomic E-state index is -0.937. The lowest BCUT2D eigenvalue weighted by Crippen LogP contribution is -2.37. The fourth-order valence-corrected chi connectivity index (χ4v) is 1.05. The molecule has 0 unspecified atom stereocenters. The van der Waals surface area contributed by atoms with Gasteiger partial charge in [-0.05, 0) is 6.08 Å². The van der Waals surface area contributed by atoms with Crippen molar-refractivity contribution in [3.05, 3.63) is 24.2 Å². The average molecular weight is 153 g/mol. The molecule has 2 aliphatic heterocycles. The van der Waals surface area contributed by atoms with Gasteiger partial charge >= 0.3 is 5.97 Å². The van der Waals surface area contributed by atoms with Crippen molar-refractivity contribution in [2.45, 2.75) is 0 Å². The first-order chi connectivity index (χ1) is 5.27. The van der Waals surface area contributed by atoms with Gasteiger partial charge in [-0.1, -0.05) is 0 Å². The lowest BCUT2D eigenvalue weighted by Gasteiger charge is -2.17. The van der Waals surface area contributed by atoms with Crippen LogP contribution in [0, 0.1) is 0 Å². The number of carboxylic acid groups (broad SMARTS) is 1. The standard InChI is InChI=1S/C6H7N3O2/c10-6(11)5-4-8-2-1-3-9(8)7-5/h1-2,4,7H,3H2,(H,10,11). The molecule has 5 nitrogen and oxygen atoms in total. The number of aliphatic carboxylic acids is 1.